The van der Waals surface area contributed by atoms with Gasteiger partial charge in [0, 0.05) is 18.1 Å². The van der Waals surface area contributed by atoms with Crippen molar-refractivity contribution in [2.45, 2.75) is 59.0 Å². The van der Waals surface area contributed by atoms with E-state index < -0.39 is 0 Å². The summed E-state index contributed by atoms with van der Waals surface area (Å²) in [6.45, 7) is 15.2. The van der Waals surface area contributed by atoms with Crippen molar-refractivity contribution in [3.05, 3.63) is 0 Å². The van der Waals surface area contributed by atoms with Crippen LogP contribution in [0.2, 0.25) is 0 Å². The van der Waals surface area contributed by atoms with Gasteiger partial charge in [-0.2, -0.15) is 0 Å². The third-order valence-electron chi connectivity index (χ3n) is 3.49. The van der Waals surface area contributed by atoms with Crippen LogP contribution in [-0.4, -0.2) is 36.1 Å². The highest BCUT2D eigenvalue weighted by atomic mass is 15.2. The summed E-state index contributed by atoms with van der Waals surface area (Å²) in [5.41, 5.74) is 0.416. The van der Waals surface area contributed by atoms with Gasteiger partial charge < -0.3 is 5.32 Å². The average Bonchev–Trinajstić information content (AvgIpc) is 2.44. The van der Waals surface area contributed by atoms with E-state index in [9.17, 15) is 0 Å². The van der Waals surface area contributed by atoms with Gasteiger partial charge in [0.15, 0.2) is 0 Å². The van der Waals surface area contributed by atoms with Gasteiger partial charge >= 0.3 is 0 Å². The van der Waals surface area contributed by atoms with Gasteiger partial charge in [-0.15, -0.1) is 0 Å². The second-order valence-corrected chi connectivity index (χ2v) is 6.01. The standard InChI is InChI=1S/C13H28N2/c1-11(2)9-14-10-12(3)15-8-6-7-13(15,4)5/h11-12,14H,6-10H2,1-5H3. The lowest BCUT2D eigenvalue weighted by molar-refractivity contribution is 0.123. The third kappa shape index (κ3) is 3.76. The molecule has 0 saturated carbocycles. The summed E-state index contributed by atoms with van der Waals surface area (Å²) in [5.74, 6) is 0.754. The van der Waals surface area contributed by atoms with E-state index in [1.807, 2.05) is 0 Å². The second kappa shape index (κ2) is 5.31. The number of hydrogen-bond acceptors (Lipinski definition) is 2. The van der Waals surface area contributed by atoms with E-state index in [0.29, 0.717) is 11.6 Å². The fraction of sp³-hybridized carbons (Fsp3) is 1.00. The Hall–Kier alpha value is -0.0800. The predicted molar refractivity (Wildman–Crippen MR) is 67.2 cm³/mol. The minimum Gasteiger partial charge on any atom is -0.315 e. The van der Waals surface area contributed by atoms with Crippen molar-refractivity contribution in [2.75, 3.05) is 19.6 Å². The Morgan fingerprint density at radius 3 is 2.33 bits per heavy atom. The molecule has 0 aliphatic carbocycles. The molecule has 2 heteroatoms. The van der Waals surface area contributed by atoms with Crippen LogP contribution in [-0.2, 0) is 0 Å². The summed E-state index contributed by atoms with van der Waals surface area (Å²) in [7, 11) is 0. The molecule has 1 unspecified atom stereocenters. The SMILES string of the molecule is CC(C)CNCC(C)N1CCCC1(C)C. The van der Waals surface area contributed by atoms with E-state index in [1.54, 1.807) is 0 Å². The highest BCUT2D eigenvalue weighted by Gasteiger charge is 2.34. The Morgan fingerprint density at radius 1 is 1.20 bits per heavy atom. The number of nitrogens with zero attached hydrogens (tertiary/aromatic N) is 1. The monoisotopic (exact) mass is 212 g/mol. The van der Waals surface area contributed by atoms with E-state index in [0.717, 1.165) is 19.0 Å². The molecule has 1 atom stereocenters. The Kier molecular flexibility index (Phi) is 4.60. The molecule has 1 heterocycles. The molecule has 1 aliphatic heterocycles. The van der Waals surface area contributed by atoms with Gasteiger partial charge in [0.25, 0.3) is 0 Å². The quantitative estimate of drug-likeness (QED) is 0.753. The molecule has 2 nitrogen and oxygen atoms in total. The molecule has 1 saturated heterocycles. The molecule has 0 aromatic carbocycles. The summed E-state index contributed by atoms with van der Waals surface area (Å²) in [6, 6.07) is 0.668. The van der Waals surface area contributed by atoms with Crippen molar-refractivity contribution in [1.82, 2.24) is 10.2 Å². The maximum atomic E-state index is 3.56. The van der Waals surface area contributed by atoms with Crippen LogP contribution in [0.4, 0.5) is 0 Å². The first-order valence-electron chi connectivity index (χ1n) is 6.41. The molecule has 15 heavy (non-hydrogen) atoms. The fourth-order valence-electron chi connectivity index (χ4n) is 2.64. The first kappa shape index (κ1) is 13.0. The molecular weight excluding hydrogens is 184 g/mol. The lowest BCUT2D eigenvalue weighted by atomic mass is 10.0. The van der Waals surface area contributed by atoms with Gasteiger partial charge in [0.05, 0.1) is 0 Å². The van der Waals surface area contributed by atoms with Crippen LogP contribution in [0.3, 0.4) is 0 Å². The first-order valence-corrected chi connectivity index (χ1v) is 6.41. The molecule has 1 aliphatic rings. The molecule has 0 spiro atoms. The normalized spacial score (nSPS) is 23.6. The van der Waals surface area contributed by atoms with E-state index in [1.165, 1.54) is 19.4 Å². The number of likely N-dealkylation sites (tertiary alicyclic amines) is 1. The van der Waals surface area contributed by atoms with Gasteiger partial charge in [-0.05, 0) is 52.6 Å². The average molecular weight is 212 g/mol. The number of hydrogen-bond donors (Lipinski definition) is 1. The highest BCUT2D eigenvalue weighted by molar-refractivity contribution is 4.91. The van der Waals surface area contributed by atoms with E-state index in [-0.39, 0.29) is 0 Å². The molecule has 0 bridgehead atoms. The maximum absolute atomic E-state index is 3.56. The van der Waals surface area contributed by atoms with Crippen molar-refractivity contribution in [3.63, 3.8) is 0 Å². The van der Waals surface area contributed by atoms with Crippen LogP contribution >= 0.6 is 0 Å². The van der Waals surface area contributed by atoms with Crippen molar-refractivity contribution in [2.24, 2.45) is 5.92 Å². The summed E-state index contributed by atoms with van der Waals surface area (Å²) in [6.07, 6.45) is 2.71. The highest BCUT2D eigenvalue weighted by Crippen LogP contribution is 2.29. The lowest BCUT2D eigenvalue weighted by Gasteiger charge is -2.37. The minimum atomic E-state index is 0.416. The molecule has 0 aromatic rings. The molecule has 0 aromatic heterocycles. The van der Waals surface area contributed by atoms with Crippen LogP contribution in [0.5, 0.6) is 0 Å². The third-order valence-corrected chi connectivity index (χ3v) is 3.49. The molecule has 0 radical (unpaired) electrons. The smallest absolute Gasteiger partial charge is 0.0197 e. The zero-order chi connectivity index (χ0) is 11.5. The zero-order valence-corrected chi connectivity index (χ0v) is 11.1. The topological polar surface area (TPSA) is 15.3 Å². The zero-order valence-electron chi connectivity index (χ0n) is 11.1. The Morgan fingerprint density at radius 2 is 1.87 bits per heavy atom. The van der Waals surface area contributed by atoms with Crippen molar-refractivity contribution >= 4 is 0 Å². The van der Waals surface area contributed by atoms with E-state index in [4.69, 9.17) is 0 Å². The summed E-state index contributed by atoms with van der Waals surface area (Å²) >= 11 is 0. The van der Waals surface area contributed by atoms with Gasteiger partial charge in [-0.1, -0.05) is 13.8 Å². The van der Waals surface area contributed by atoms with Crippen LogP contribution in [0.25, 0.3) is 0 Å². The number of nitrogens with one attached hydrogen (secondary N) is 1. The van der Waals surface area contributed by atoms with E-state index in [2.05, 4.69) is 44.8 Å². The summed E-state index contributed by atoms with van der Waals surface area (Å²) in [4.78, 5) is 2.65. The predicted octanol–water partition coefficient (Wildman–Crippen LogP) is 2.49. The van der Waals surface area contributed by atoms with Crippen LogP contribution < -0.4 is 5.32 Å². The maximum Gasteiger partial charge on any atom is 0.0197 e. The first-order chi connectivity index (χ1) is 6.93. The Bertz CT molecular complexity index is 187. The molecule has 90 valence electrons. The molecular formula is C13H28N2. The minimum absolute atomic E-state index is 0.416. The van der Waals surface area contributed by atoms with Gasteiger partial charge in [-0.3, -0.25) is 4.90 Å². The Labute approximate surface area is 95.4 Å². The summed E-state index contributed by atoms with van der Waals surface area (Å²) in [5, 5.41) is 3.56. The lowest BCUT2D eigenvalue weighted by Crippen LogP contribution is -2.48. The molecule has 1 rings (SSSR count). The molecule has 1 fully saturated rings. The van der Waals surface area contributed by atoms with Crippen LogP contribution in [0.15, 0.2) is 0 Å². The molecule has 1 N–H and O–H groups in total. The van der Waals surface area contributed by atoms with Gasteiger partial charge in [0.1, 0.15) is 0 Å². The largest absolute Gasteiger partial charge is 0.315 e. The van der Waals surface area contributed by atoms with Crippen molar-refractivity contribution in [1.29, 1.82) is 0 Å². The van der Waals surface area contributed by atoms with E-state index >= 15 is 0 Å². The van der Waals surface area contributed by atoms with Crippen molar-refractivity contribution in [3.8, 4) is 0 Å². The molecule has 0 amide bonds. The van der Waals surface area contributed by atoms with Crippen LogP contribution in [0, 0.1) is 5.92 Å². The van der Waals surface area contributed by atoms with Gasteiger partial charge in [-0.25, -0.2) is 0 Å². The van der Waals surface area contributed by atoms with Crippen LogP contribution in [0.1, 0.15) is 47.5 Å². The van der Waals surface area contributed by atoms with Crippen molar-refractivity contribution < 1.29 is 0 Å². The second-order valence-electron chi connectivity index (χ2n) is 6.01. The Balaban J connectivity index is 2.30. The van der Waals surface area contributed by atoms with Gasteiger partial charge in [0.2, 0.25) is 0 Å². The fourth-order valence-corrected chi connectivity index (χ4v) is 2.64. The number of rotatable bonds is 5. The summed E-state index contributed by atoms with van der Waals surface area (Å²) < 4.78 is 0.